The lowest BCUT2D eigenvalue weighted by molar-refractivity contribution is 0.887. The number of nitriles is 1. The van der Waals surface area contributed by atoms with E-state index in [1.165, 1.54) is 10.4 Å². The Morgan fingerprint density at radius 2 is 2.18 bits per heavy atom. The average molecular weight is 246 g/mol. The van der Waals surface area contributed by atoms with E-state index in [1.807, 2.05) is 11.9 Å². The Kier molecular flexibility index (Phi) is 3.25. The summed E-state index contributed by atoms with van der Waals surface area (Å²) in [5.74, 6) is 0.923. The zero-order valence-electron chi connectivity index (χ0n) is 10.2. The molecule has 0 radical (unpaired) electrons. The SMILES string of the molecule is Cc1sc2ncnc(N(C)CCC#N)c2c1C. The van der Waals surface area contributed by atoms with Gasteiger partial charge in [-0.05, 0) is 19.4 Å². The van der Waals surface area contributed by atoms with Crippen LogP contribution < -0.4 is 4.90 Å². The number of fused-ring (bicyclic) bond motifs is 1. The summed E-state index contributed by atoms with van der Waals surface area (Å²) >= 11 is 1.69. The van der Waals surface area contributed by atoms with E-state index < -0.39 is 0 Å². The third kappa shape index (κ3) is 2.08. The first-order chi connectivity index (χ1) is 8.15. The lowest BCUT2D eigenvalue weighted by Crippen LogP contribution is -2.19. The monoisotopic (exact) mass is 246 g/mol. The third-order valence-electron chi connectivity index (χ3n) is 2.87. The lowest BCUT2D eigenvalue weighted by atomic mass is 10.2. The van der Waals surface area contributed by atoms with Gasteiger partial charge < -0.3 is 4.90 Å². The fourth-order valence-electron chi connectivity index (χ4n) is 1.78. The molecule has 0 N–H and O–H groups in total. The molecular weight excluding hydrogens is 232 g/mol. The fourth-order valence-corrected chi connectivity index (χ4v) is 2.77. The minimum Gasteiger partial charge on any atom is -0.358 e. The second-order valence-electron chi connectivity index (χ2n) is 3.99. The molecule has 0 spiro atoms. The first-order valence-electron chi connectivity index (χ1n) is 5.44. The second kappa shape index (κ2) is 4.68. The van der Waals surface area contributed by atoms with E-state index in [0.717, 1.165) is 16.0 Å². The number of thiophene rings is 1. The molecule has 2 aromatic rings. The summed E-state index contributed by atoms with van der Waals surface area (Å²) < 4.78 is 0. The van der Waals surface area contributed by atoms with Crippen molar-refractivity contribution in [3.05, 3.63) is 16.8 Å². The Morgan fingerprint density at radius 1 is 1.41 bits per heavy atom. The first-order valence-corrected chi connectivity index (χ1v) is 6.25. The van der Waals surface area contributed by atoms with Crippen LogP contribution in [0.5, 0.6) is 0 Å². The topological polar surface area (TPSA) is 52.8 Å². The summed E-state index contributed by atoms with van der Waals surface area (Å²) in [6.45, 7) is 4.89. The van der Waals surface area contributed by atoms with Crippen LogP contribution in [-0.2, 0) is 0 Å². The second-order valence-corrected chi connectivity index (χ2v) is 5.19. The van der Waals surface area contributed by atoms with Gasteiger partial charge in [0.2, 0.25) is 0 Å². The van der Waals surface area contributed by atoms with Crippen molar-refractivity contribution in [3.8, 4) is 6.07 Å². The molecule has 17 heavy (non-hydrogen) atoms. The highest BCUT2D eigenvalue weighted by molar-refractivity contribution is 7.18. The van der Waals surface area contributed by atoms with Gasteiger partial charge in [0.25, 0.3) is 0 Å². The first kappa shape index (κ1) is 11.8. The van der Waals surface area contributed by atoms with Crippen LogP contribution in [0.2, 0.25) is 0 Å². The predicted octanol–water partition coefficient (Wildman–Crippen LogP) is 2.66. The number of aromatic nitrogens is 2. The molecule has 0 aliphatic rings. The number of aryl methyl sites for hydroxylation is 2. The zero-order valence-corrected chi connectivity index (χ0v) is 11.0. The average Bonchev–Trinajstić information content (AvgIpc) is 2.62. The molecule has 0 bridgehead atoms. The molecule has 2 heterocycles. The number of rotatable bonds is 3. The molecule has 0 aromatic carbocycles. The Hall–Kier alpha value is -1.67. The van der Waals surface area contributed by atoms with E-state index >= 15 is 0 Å². The number of nitrogens with zero attached hydrogens (tertiary/aromatic N) is 4. The number of hydrogen-bond acceptors (Lipinski definition) is 5. The summed E-state index contributed by atoms with van der Waals surface area (Å²) in [4.78, 5) is 13.0. The summed E-state index contributed by atoms with van der Waals surface area (Å²) in [6, 6.07) is 2.15. The van der Waals surface area contributed by atoms with Gasteiger partial charge in [-0.3, -0.25) is 0 Å². The molecule has 0 aliphatic carbocycles. The van der Waals surface area contributed by atoms with Gasteiger partial charge in [0, 0.05) is 18.5 Å². The van der Waals surface area contributed by atoms with E-state index in [9.17, 15) is 0 Å². The van der Waals surface area contributed by atoms with Gasteiger partial charge in [-0.2, -0.15) is 5.26 Å². The number of anilines is 1. The van der Waals surface area contributed by atoms with Gasteiger partial charge in [0.05, 0.1) is 17.9 Å². The number of hydrogen-bond donors (Lipinski definition) is 0. The molecule has 0 fully saturated rings. The Bertz CT molecular complexity index is 582. The highest BCUT2D eigenvalue weighted by Gasteiger charge is 2.14. The Morgan fingerprint density at radius 3 is 2.88 bits per heavy atom. The Balaban J connectivity index is 2.50. The molecule has 0 atom stereocenters. The van der Waals surface area contributed by atoms with Crippen molar-refractivity contribution >= 4 is 27.4 Å². The molecule has 2 rings (SSSR count). The summed E-state index contributed by atoms with van der Waals surface area (Å²) in [6.07, 6.45) is 2.10. The summed E-state index contributed by atoms with van der Waals surface area (Å²) in [5, 5.41) is 9.75. The molecule has 2 aromatic heterocycles. The van der Waals surface area contributed by atoms with Gasteiger partial charge in [-0.25, -0.2) is 9.97 Å². The molecule has 4 nitrogen and oxygen atoms in total. The van der Waals surface area contributed by atoms with Gasteiger partial charge in [-0.1, -0.05) is 0 Å². The predicted molar refractivity (Wildman–Crippen MR) is 70.4 cm³/mol. The van der Waals surface area contributed by atoms with Crippen molar-refractivity contribution in [2.24, 2.45) is 0 Å². The van der Waals surface area contributed by atoms with Crippen LogP contribution in [-0.4, -0.2) is 23.6 Å². The molecular formula is C12H14N4S. The van der Waals surface area contributed by atoms with Gasteiger partial charge in [0.1, 0.15) is 17.0 Å². The molecule has 0 aliphatic heterocycles. The minimum atomic E-state index is 0.504. The van der Waals surface area contributed by atoms with Crippen molar-refractivity contribution < 1.29 is 0 Å². The van der Waals surface area contributed by atoms with E-state index in [1.54, 1.807) is 17.7 Å². The fraction of sp³-hybridized carbons (Fsp3) is 0.417. The van der Waals surface area contributed by atoms with Crippen LogP contribution in [0.3, 0.4) is 0 Å². The molecule has 0 saturated carbocycles. The molecule has 0 saturated heterocycles. The lowest BCUT2D eigenvalue weighted by Gasteiger charge is -2.17. The zero-order chi connectivity index (χ0) is 12.4. The highest BCUT2D eigenvalue weighted by atomic mass is 32.1. The van der Waals surface area contributed by atoms with Crippen LogP contribution >= 0.6 is 11.3 Å². The smallest absolute Gasteiger partial charge is 0.140 e. The van der Waals surface area contributed by atoms with Crippen LogP contribution in [0.1, 0.15) is 16.9 Å². The van der Waals surface area contributed by atoms with Crippen molar-refractivity contribution in [2.75, 3.05) is 18.5 Å². The minimum absolute atomic E-state index is 0.504. The normalized spacial score (nSPS) is 10.5. The highest BCUT2D eigenvalue weighted by Crippen LogP contribution is 2.33. The summed E-state index contributed by atoms with van der Waals surface area (Å²) in [7, 11) is 1.96. The maximum atomic E-state index is 8.63. The summed E-state index contributed by atoms with van der Waals surface area (Å²) in [5.41, 5.74) is 1.24. The largest absolute Gasteiger partial charge is 0.358 e. The van der Waals surface area contributed by atoms with Crippen LogP contribution in [0.25, 0.3) is 10.2 Å². The van der Waals surface area contributed by atoms with Crippen molar-refractivity contribution in [2.45, 2.75) is 20.3 Å². The maximum Gasteiger partial charge on any atom is 0.140 e. The van der Waals surface area contributed by atoms with E-state index in [-0.39, 0.29) is 0 Å². The van der Waals surface area contributed by atoms with Crippen molar-refractivity contribution in [1.29, 1.82) is 5.26 Å². The van der Waals surface area contributed by atoms with Crippen LogP contribution in [0, 0.1) is 25.2 Å². The molecule has 88 valence electrons. The van der Waals surface area contributed by atoms with Gasteiger partial charge in [0.15, 0.2) is 0 Å². The third-order valence-corrected chi connectivity index (χ3v) is 3.98. The van der Waals surface area contributed by atoms with Gasteiger partial charge >= 0.3 is 0 Å². The van der Waals surface area contributed by atoms with E-state index in [4.69, 9.17) is 5.26 Å². The maximum absolute atomic E-state index is 8.63. The quantitative estimate of drug-likeness (QED) is 0.835. The Labute approximate surface area is 105 Å². The molecule has 0 amide bonds. The molecule has 0 unspecified atom stereocenters. The van der Waals surface area contributed by atoms with Crippen molar-refractivity contribution in [1.82, 2.24) is 9.97 Å². The van der Waals surface area contributed by atoms with E-state index in [2.05, 4.69) is 29.9 Å². The van der Waals surface area contributed by atoms with Crippen LogP contribution in [0.4, 0.5) is 5.82 Å². The van der Waals surface area contributed by atoms with Crippen molar-refractivity contribution in [3.63, 3.8) is 0 Å². The van der Waals surface area contributed by atoms with Crippen LogP contribution in [0.15, 0.2) is 6.33 Å². The molecule has 5 heteroatoms. The standard InChI is InChI=1S/C12H14N4S/c1-8-9(2)17-12-10(8)11(14-7-15-12)16(3)6-4-5-13/h7H,4,6H2,1-3H3. The van der Waals surface area contributed by atoms with Gasteiger partial charge in [-0.15, -0.1) is 11.3 Å². The van der Waals surface area contributed by atoms with E-state index in [0.29, 0.717) is 13.0 Å².